The lowest BCUT2D eigenvalue weighted by Gasteiger charge is -2.42. The highest BCUT2D eigenvalue weighted by molar-refractivity contribution is 7.09. The molecule has 1 aromatic heterocycles. The molecule has 2 heteroatoms. The summed E-state index contributed by atoms with van der Waals surface area (Å²) in [5.41, 5.74) is 0.478. The molecule has 1 aliphatic rings. The molecule has 3 unspecified atom stereocenters. The van der Waals surface area contributed by atoms with Gasteiger partial charge in [0.05, 0.1) is 0 Å². The highest BCUT2D eigenvalue weighted by Gasteiger charge is 2.35. The van der Waals surface area contributed by atoms with Gasteiger partial charge in [-0.15, -0.1) is 11.3 Å². The molecule has 0 aliphatic heterocycles. The second kappa shape index (κ2) is 7.09. The number of hydrogen-bond donors (Lipinski definition) is 1. The fourth-order valence-electron chi connectivity index (χ4n) is 3.78. The van der Waals surface area contributed by atoms with Crippen LogP contribution in [0.4, 0.5) is 0 Å². The minimum Gasteiger partial charge on any atom is -0.319 e. The van der Waals surface area contributed by atoms with E-state index in [0.29, 0.717) is 5.41 Å². The largest absolute Gasteiger partial charge is 0.319 e. The zero-order valence-corrected chi connectivity index (χ0v) is 14.4. The summed E-state index contributed by atoms with van der Waals surface area (Å²) in [7, 11) is 2.10. The molecular formula is C18H31NS. The van der Waals surface area contributed by atoms with E-state index in [4.69, 9.17) is 0 Å². The van der Waals surface area contributed by atoms with Crippen molar-refractivity contribution in [3.8, 4) is 0 Å². The molecule has 20 heavy (non-hydrogen) atoms. The van der Waals surface area contributed by atoms with Gasteiger partial charge in [0.1, 0.15) is 0 Å². The van der Waals surface area contributed by atoms with Crippen molar-refractivity contribution in [2.75, 3.05) is 13.6 Å². The maximum absolute atomic E-state index is 3.42. The Kier molecular flexibility index (Phi) is 5.68. The highest BCUT2D eigenvalue weighted by atomic mass is 32.1. The van der Waals surface area contributed by atoms with E-state index in [1.807, 2.05) is 11.3 Å². The van der Waals surface area contributed by atoms with Gasteiger partial charge in [-0.1, -0.05) is 26.8 Å². The van der Waals surface area contributed by atoms with E-state index < -0.39 is 0 Å². The number of aryl methyl sites for hydroxylation is 1. The van der Waals surface area contributed by atoms with Crippen LogP contribution in [0.5, 0.6) is 0 Å². The van der Waals surface area contributed by atoms with Crippen molar-refractivity contribution < 1.29 is 0 Å². The minimum absolute atomic E-state index is 0.478. The van der Waals surface area contributed by atoms with Gasteiger partial charge < -0.3 is 5.32 Å². The van der Waals surface area contributed by atoms with Crippen molar-refractivity contribution in [2.24, 2.45) is 23.2 Å². The molecule has 1 fully saturated rings. The van der Waals surface area contributed by atoms with Gasteiger partial charge in [-0.3, -0.25) is 0 Å². The Labute approximate surface area is 129 Å². The maximum Gasteiger partial charge on any atom is 0.00453 e. The predicted octanol–water partition coefficient (Wildman–Crippen LogP) is 4.98. The SMILES string of the molecule is CNCC1CCC(C(C)(C)C)CC1CCc1cccs1. The van der Waals surface area contributed by atoms with Crippen molar-refractivity contribution in [3.05, 3.63) is 22.4 Å². The Morgan fingerprint density at radius 2 is 2.05 bits per heavy atom. The summed E-state index contributed by atoms with van der Waals surface area (Å²) >= 11 is 1.92. The molecule has 1 nitrogen and oxygen atoms in total. The van der Waals surface area contributed by atoms with Gasteiger partial charge in [0.15, 0.2) is 0 Å². The minimum atomic E-state index is 0.478. The smallest absolute Gasteiger partial charge is 0.00453 e. The first-order valence-electron chi connectivity index (χ1n) is 8.17. The normalized spacial score (nSPS) is 27.7. The first-order valence-corrected chi connectivity index (χ1v) is 9.05. The quantitative estimate of drug-likeness (QED) is 0.807. The van der Waals surface area contributed by atoms with Crippen molar-refractivity contribution in [1.82, 2.24) is 5.32 Å². The molecule has 1 N–H and O–H groups in total. The molecule has 0 bridgehead atoms. The van der Waals surface area contributed by atoms with E-state index in [1.165, 1.54) is 38.6 Å². The van der Waals surface area contributed by atoms with Crippen LogP contribution in [-0.4, -0.2) is 13.6 Å². The van der Waals surface area contributed by atoms with Crippen LogP contribution in [0.3, 0.4) is 0 Å². The second-order valence-corrected chi connectivity index (χ2v) is 8.60. The fourth-order valence-corrected chi connectivity index (χ4v) is 4.51. The zero-order valence-electron chi connectivity index (χ0n) is 13.6. The Balaban J connectivity index is 1.95. The molecule has 0 aromatic carbocycles. The first-order chi connectivity index (χ1) is 9.50. The van der Waals surface area contributed by atoms with Gasteiger partial charge in [-0.05, 0) is 80.3 Å². The van der Waals surface area contributed by atoms with Gasteiger partial charge in [0, 0.05) is 4.88 Å². The monoisotopic (exact) mass is 293 g/mol. The van der Waals surface area contributed by atoms with E-state index in [1.54, 1.807) is 4.88 Å². The molecule has 1 heterocycles. The van der Waals surface area contributed by atoms with E-state index >= 15 is 0 Å². The van der Waals surface area contributed by atoms with E-state index in [2.05, 4.69) is 50.6 Å². The highest BCUT2D eigenvalue weighted by Crippen LogP contribution is 2.44. The number of thiophene rings is 1. The summed E-state index contributed by atoms with van der Waals surface area (Å²) in [5, 5.41) is 5.62. The summed E-state index contributed by atoms with van der Waals surface area (Å²) in [5.74, 6) is 2.70. The summed E-state index contributed by atoms with van der Waals surface area (Å²) < 4.78 is 0. The lowest BCUT2D eigenvalue weighted by molar-refractivity contribution is 0.0937. The topological polar surface area (TPSA) is 12.0 Å². The van der Waals surface area contributed by atoms with Gasteiger partial charge in [-0.2, -0.15) is 0 Å². The summed E-state index contributed by atoms with van der Waals surface area (Å²) in [6, 6.07) is 4.48. The summed E-state index contributed by atoms with van der Waals surface area (Å²) in [6.07, 6.45) is 6.92. The molecule has 1 aliphatic carbocycles. The fraction of sp³-hybridized carbons (Fsp3) is 0.778. The number of hydrogen-bond acceptors (Lipinski definition) is 2. The van der Waals surface area contributed by atoms with Crippen molar-refractivity contribution >= 4 is 11.3 Å². The third kappa shape index (κ3) is 4.33. The van der Waals surface area contributed by atoms with Crippen LogP contribution in [0.25, 0.3) is 0 Å². The van der Waals surface area contributed by atoms with Crippen LogP contribution >= 0.6 is 11.3 Å². The molecule has 0 amide bonds. The molecule has 2 rings (SSSR count). The molecule has 0 saturated heterocycles. The molecular weight excluding hydrogens is 262 g/mol. The number of nitrogens with one attached hydrogen (secondary N) is 1. The lowest BCUT2D eigenvalue weighted by atomic mass is 9.64. The van der Waals surface area contributed by atoms with Gasteiger partial charge >= 0.3 is 0 Å². The van der Waals surface area contributed by atoms with Crippen molar-refractivity contribution in [3.63, 3.8) is 0 Å². The first kappa shape index (κ1) is 16.0. The standard InChI is InChI=1S/C18H31NS/c1-18(2,3)16-9-7-15(13-19-4)14(12-16)8-10-17-6-5-11-20-17/h5-6,11,14-16,19H,7-10,12-13H2,1-4H3. The van der Waals surface area contributed by atoms with Crippen LogP contribution in [0.2, 0.25) is 0 Å². The van der Waals surface area contributed by atoms with Crippen LogP contribution in [0.1, 0.15) is 51.3 Å². The predicted molar refractivity (Wildman–Crippen MR) is 90.3 cm³/mol. The lowest BCUT2D eigenvalue weighted by Crippen LogP contribution is -2.36. The van der Waals surface area contributed by atoms with Crippen LogP contribution in [0.15, 0.2) is 17.5 Å². The van der Waals surface area contributed by atoms with E-state index in [0.717, 1.165) is 17.8 Å². The second-order valence-electron chi connectivity index (χ2n) is 7.57. The van der Waals surface area contributed by atoms with Crippen LogP contribution in [-0.2, 0) is 6.42 Å². The summed E-state index contributed by atoms with van der Waals surface area (Å²) in [6.45, 7) is 8.47. The van der Waals surface area contributed by atoms with Crippen LogP contribution in [0, 0.1) is 23.2 Å². The molecule has 1 aromatic rings. The van der Waals surface area contributed by atoms with Crippen molar-refractivity contribution in [2.45, 2.75) is 52.9 Å². The molecule has 1 saturated carbocycles. The Morgan fingerprint density at radius 1 is 1.25 bits per heavy atom. The van der Waals surface area contributed by atoms with E-state index in [-0.39, 0.29) is 0 Å². The Hall–Kier alpha value is -0.340. The molecule has 0 spiro atoms. The summed E-state index contributed by atoms with van der Waals surface area (Å²) in [4.78, 5) is 1.56. The third-order valence-corrected chi connectivity index (χ3v) is 6.11. The number of rotatable bonds is 5. The van der Waals surface area contributed by atoms with Gasteiger partial charge in [0.2, 0.25) is 0 Å². The zero-order chi connectivity index (χ0) is 14.6. The Bertz CT molecular complexity index is 377. The van der Waals surface area contributed by atoms with Gasteiger partial charge in [-0.25, -0.2) is 0 Å². The molecule has 114 valence electrons. The molecule has 3 atom stereocenters. The molecule has 0 radical (unpaired) electrons. The maximum atomic E-state index is 3.42. The van der Waals surface area contributed by atoms with Crippen LogP contribution < -0.4 is 5.32 Å². The average molecular weight is 294 g/mol. The van der Waals surface area contributed by atoms with Gasteiger partial charge in [0.25, 0.3) is 0 Å². The third-order valence-electron chi connectivity index (χ3n) is 5.17. The average Bonchev–Trinajstić information content (AvgIpc) is 2.89. The van der Waals surface area contributed by atoms with Crippen molar-refractivity contribution in [1.29, 1.82) is 0 Å². The van der Waals surface area contributed by atoms with E-state index in [9.17, 15) is 0 Å². The Morgan fingerprint density at radius 3 is 2.65 bits per heavy atom.